The third kappa shape index (κ3) is 4.38. The molecule has 0 radical (unpaired) electrons. The van der Waals surface area contributed by atoms with E-state index in [1.165, 1.54) is 98.1 Å². The summed E-state index contributed by atoms with van der Waals surface area (Å²) in [7, 11) is 0. The van der Waals surface area contributed by atoms with E-state index < -0.39 is 0 Å². The molecule has 0 N–H and O–H groups in total. The van der Waals surface area contributed by atoms with Crippen LogP contribution in [0.1, 0.15) is 45.2 Å². The molecule has 0 saturated carbocycles. The zero-order valence-electron chi connectivity index (χ0n) is 27.9. The monoisotopic (exact) mass is 664 g/mol. The Kier molecular flexibility index (Phi) is 6.35. The molecule has 0 fully saturated rings. The first kappa shape index (κ1) is 28.8. The van der Waals surface area contributed by atoms with Crippen LogP contribution in [0, 0.1) is 0 Å². The predicted molar refractivity (Wildman–Crippen MR) is 216 cm³/mol. The minimum Gasteiger partial charge on any atom is -0.135 e. The minimum absolute atomic E-state index is 0.206. The Bertz CT molecular complexity index is 2800. The minimum atomic E-state index is 0.206. The van der Waals surface area contributed by atoms with Crippen LogP contribution in [0.15, 0.2) is 182 Å². The molecule has 1 aromatic heterocycles. The molecule has 2 atom stereocenters. The summed E-state index contributed by atoms with van der Waals surface area (Å²) < 4.78 is 2.71. The van der Waals surface area contributed by atoms with Crippen LogP contribution in [0.25, 0.3) is 64.7 Å². The van der Waals surface area contributed by atoms with Crippen molar-refractivity contribution in [2.45, 2.75) is 11.8 Å². The summed E-state index contributed by atoms with van der Waals surface area (Å²) in [5.74, 6) is 0.473. The first-order valence-corrected chi connectivity index (χ1v) is 18.6. The zero-order chi connectivity index (χ0) is 33.5. The standard InChI is InChI=1S/C50H32S/c1-2-11-32(12-3-1)48-40-16-6-4-13-37(40)45-29-34(25-27-42(45)48)35-26-28-43-46(30-35)38-14-5-7-17-41(38)49(43)33-23-21-31(22-24-33)36-18-10-19-44-39-15-8-9-20-47(39)51-50(36)44/h1-30,48-49H. The van der Waals surface area contributed by atoms with Gasteiger partial charge in [0, 0.05) is 32.0 Å². The van der Waals surface area contributed by atoms with Crippen molar-refractivity contribution in [3.63, 3.8) is 0 Å². The summed E-state index contributed by atoms with van der Waals surface area (Å²) >= 11 is 1.90. The molecule has 2 aliphatic rings. The fourth-order valence-corrected chi connectivity index (χ4v) is 10.2. The van der Waals surface area contributed by atoms with E-state index in [4.69, 9.17) is 0 Å². The molecule has 1 heteroatoms. The van der Waals surface area contributed by atoms with Gasteiger partial charge < -0.3 is 0 Å². The van der Waals surface area contributed by atoms with Gasteiger partial charge in [-0.15, -0.1) is 11.3 Å². The Morgan fingerprint density at radius 1 is 0.314 bits per heavy atom. The Morgan fingerprint density at radius 2 is 0.804 bits per heavy atom. The summed E-state index contributed by atoms with van der Waals surface area (Å²) in [6.45, 7) is 0. The Morgan fingerprint density at radius 3 is 1.47 bits per heavy atom. The Hall–Kier alpha value is -6.02. The maximum absolute atomic E-state index is 2.43. The lowest BCUT2D eigenvalue weighted by Crippen LogP contribution is -1.99. The number of hydrogen-bond acceptors (Lipinski definition) is 1. The molecular formula is C50H32S. The van der Waals surface area contributed by atoms with Crippen LogP contribution in [0.4, 0.5) is 0 Å². The van der Waals surface area contributed by atoms with Crippen molar-refractivity contribution in [3.05, 3.63) is 215 Å². The SMILES string of the molecule is c1ccc(C2c3ccccc3-c3cc(-c4ccc5c(c4)-c4ccccc4C5c4ccc(-c5cccc6c5sc5ccccc56)cc4)ccc32)cc1. The lowest BCUT2D eigenvalue weighted by molar-refractivity contribution is 1.01. The van der Waals surface area contributed by atoms with Gasteiger partial charge in [-0.3, -0.25) is 0 Å². The molecule has 11 rings (SSSR count). The molecule has 2 unspecified atom stereocenters. The van der Waals surface area contributed by atoms with Gasteiger partial charge in [-0.2, -0.15) is 0 Å². The molecule has 238 valence electrons. The van der Waals surface area contributed by atoms with Crippen LogP contribution in [0.3, 0.4) is 0 Å². The van der Waals surface area contributed by atoms with Crippen LogP contribution in [0.2, 0.25) is 0 Å². The molecule has 2 aliphatic carbocycles. The Balaban J connectivity index is 0.979. The van der Waals surface area contributed by atoms with Gasteiger partial charge >= 0.3 is 0 Å². The second-order valence-electron chi connectivity index (χ2n) is 14.0. The van der Waals surface area contributed by atoms with E-state index in [1.54, 1.807) is 0 Å². The van der Waals surface area contributed by atoms with Gasteiger partial charge in [-0.05, 0) is 96.1 Å². The van der Waals surface area contributed by atoms with E-state index in [9.17, 15) is 0 Å². The number of fused-ring (bicyclic) bond motifs is 9. The molecule has 0 amide bonds. The summed E-state index contributed by atoms with van der Waals surface area (Å²) in [6, 6.07) is 68.0. The van der Waals surface area contributed by atoms with Crippen molar-refractivity contribution in [3.8, 4) is 44.5 Å². The van der Waals surface area contributed by atoms with Crippen molar-refractivity contribution in [2.24, 2.45) is 0 Å². The molecular weight excluding hydrogens is 633 g/mol. The third-order valence-corrected chi connectivity index (χ3v) is 12.5. The van der Waals surface area contributed by atoms with Crippen molar-refractivity contribution < 1.29 is 0 Å². The van der Waals surface area contributed by atoms with Gasteiger partial charge in [0.1, 0.15) is 0 Å². The average molecular weight is 665 g/mol. The summed E-state index contributed by atoms with van der Waals surface area (Å²) in [6.07, 6.45) is 0. The number of rotatable bonds is 4. The lowest BCUT2D eigenvalue weighted by atomic mass is 9.87. The van der Waals surface area contributed by atoms with Crippen LogP contribution in [-0.2, 0) is 0 Å². The first-order chi connectivity index (χ1) is 25.3. The van der Waals surface area contributed by atoms with Gasteiger partial charge in [0.2, 0.25) is 0 Å². The maximum atomic E-state index is 2.43. The van der Waals surface area contributed by atoms with E-state index in [2.05, 4.69) is 182 Å². The molecule has 0 saturated heterocycles. The number of hydrogen-bond donors (Lipinski definition) is 0. The molecule has 0 bridgehead atoms. The normalized spacial score (nSPS) is 15.5. The van der Waals surface area contributed by atoms with E-state index in [0.717, 1.165) is 0 Å². The van der Waals surface area contributed by atoms with E-state index in [-0.39, 0.29) is 11.8 Å². The molecule has 0 spiro atoms. The summed E-state index contributed by atoms with van der Waals surface area (Å²) in [4.78, 5) is 0. The van der Waals surface area contributed by atoms with Crippen molar-refractivity contribution in [1.29, 1.82) is 0 Å². The highest BCUT2D eigenvalue weighted by Crippen LogP contribution is 2.52. The van der Waals surface area contributed by atoms with Crippen LogP contribution >= 0.6 is 11.3 Å². The molecule has 51 heavy (non-hydrogen) atoms. The van der Waals surface area contributed by atoms with Gasteiger partial charge in [-0.25, -0.2) is 0 Å². The Labute approximate surface area is 301 Å². The fraction of sp³-hybridized carbons (Fsp3) is 0.0400. The van der Waals surface area contributed by atoms with Crippen LogP contribution in [-0.4, -0.2) is 0 Å². The predicted octanol–water partition coefficient (Wildman–Crippen LogP) is 13.7. The maximum Gasteiger partial charge on any atom is 0.0433 e. The highest BCUT2D eigenvalue weighted by molar-refractivity contribution is 7.26. The smallest absolute Gasteiger partial charge is 0.0433 e. The second-order valence-corrected chi connectivity index (χ2v) is 15.0. The van der Waals surface area contributed by atoms with Gasteiger partial charge in [0.05, 0.1) is 0 Å². The highest BCUT2D eigenvalue weighted by Gasteiger charge is 2.32. The first-order valence-electron chi connectivity index (χ1n) is 17.8. The number of benzene rings is 8. The fourth-order valence-electron chi connectivity index (χ4n) is 8.96. The third-order valence-electron chi connectivity index (χ3n) is 11.3. The molecule has 0 aliphatic heterocycles. The summed E-state index contributed by atoms with van der Waals surface area (Å²) in [5.41, 5.74) is 18.7. The molecule has 0 nitrogen and oxygen atoms in total. The zero-order valence-corrected chi connectivity index (χ0v) is 28.7. The molecule has 8 aromatic carbocycles. The largest absolute Gasteiger partial charge is 0.135 e. The highest BCUT2D eigenvalue weighted by atomic mass is 32.1. The second kappa shape index (κ2) is 11.3. The topological polar surface area (TPSA) is 0 Å². The van der Waals surface area contributed by atoms with Crippen LogP contribution in [0.5, 0.6) is 0 Å². The quantitative estimate of drug-likeness (QED) is 0.176. The van der Waals surface area contributed by atoms with E-state index in [1.807, 2.05) is 11.3 Å². The van der Waals surface area contributed by atoms with Crippen molar-refractivity contribution >= 4 is 31.5 Å². The molecule has 9 aromatic rings. The average Bonchev–Trinajstić information content (AvgIpc) is 3.86. The molecule has 1 heterocycles. The van der Waals surface area contributed by atoms with Gasteiger partial charge in [-0.1, -0.05) is 164 Å². The van der Waals surface area contributed by atoms with Crippen molar-refractivity contribution in [2.75, 3.05) is 0 Å². The van der Waals surface area contributed by atoms with Crippen LogP contribution < -0.4 is 0 Å². The van der Waals surface area contributed by atoms with E-state index >= 15 is 0 Å². The van der Waals surface area contributed by atoms with Crippen molar-refractivity contribution in [1.82, 2.24) is 0 Å². The van der Waals surface area contributed by atoms with E-state index in [0.29, 0.717) is 0 Å². The number of thiophene rings is 1. The summed E-state index contributed by atoms with van der Waals surface area (Å²) in [5, 5.41) is 2.69. The van der Waals surface area contributed by atoms with Gasteiger partial charge in [0.15, 0.2) is 0 Å². The van der Waals surface area contributed by atoms with Gasteiger partial charge in [0.25, 0.3) is 0 Å². The lowest BCUT2D eigenvalue weighted by Gasteiger charge is -2.16.